The van der Waals surface area contributed by atoms with Gasteiger partial charge in [-0.1, -0.05) is 5.16 Å². The van der Waals surface area contributed by atoms with Crippen LogP contribution in [0, 0.1) is 6.92 Å². The third-order valence-corrected chi connectivity index (χ3v) is 3.10. The Labute approximate surface area is 112 Å². The minimum Gasteiger partial charge on any atom is -0.478 e. The van der Waals surface area contributed by atoms with E-state index < -0.39 is 5.97 Å². The predicted molar refractivity (Wildman–Crippen MR) is 70.2 cm³/mol. The van der Waals surface area contributed by atoms with E-state index in [1.807, 2.05) is 0 Å². The van der Waals surface area contributed by atoms with Crippen LogP contribution in [-0.2, 0) is 4.79 Å². The van der Waals surface area contributed by atoms with Crippen LogP contribution in [0.15, 0.2) is 28.1 Å². The number of carbonyl (C=O) groups is 2. The predicted octanol–water partition coefficient (Wildman–Crippen LogP) is 2.39. The van der Waals surface area contributed by atoms with Crippen LogP contribution in [0.3, 0.4) is 0 Å². The lowest BCUT2D eigenvalue weighted by molar-refractivity contribution is -0.131. The summed E-state index contributed by atoms with van der Waals surface area (Å²) in [5.74, 6) is -1.18. The lowest BCUT2D eigenvalue weighted by Crippen LogP contribution is -2.10. The average molecular weight is 278 g/mol. The van der Waals surface area contributed by atoms with Crippen LogP contribution in [-0.4, -0.2) is 22.1 Å². The first kappa shape index (κ1) is 13.0. The maximum atomic E-state index is 12.0. The number of nitrogens with zero attached hydrogens (tertiary/aromatic N) is 1. The van der Waals surface area contributed by atoms with Crippen molar-refractivity contribution < 1.29 is 19.2 Å². The largest absolute Gasteiger partial charge is 0.478 e. The number of aliphatic carboxylic acids is 1. The molecule has 0 saturated heterocycles. The molecule has 7 heteroatoms. The van der Waals surface area contributed by atoms with Crippen molar-refractivity contribution in [2.45, 2.75) is 6.92 Å². The average Bonchev–Trinajstić information content (AvgIpc) is 2.95. The van der Waals surface area contributed by atoms with Crippen LogP contribution in [0.4, 0.5) is 5.88 Å². The standard InChI is InChI=1S/C12H10N2O4S/c1-7-6-9(18-14-7)13-12(17)11-8(4-5-19-11)2-3-10(15)16/h2-6H,1H3,(H,13,17)(H,15,16). The van der Waals surface area contributed by atoms with Gasteiger partial charge in [-0.05, 0) is 30.0 Å². The van der Waals surface area contributed by atoms with Crippen LogP contribution in [0.5, 0.6) is 0 Å². The number of aromatic nitrogens is 1. The number of thiophene rings is 1. The first-order valence-electron chi connectivity index (χ1n) is 5.29. The van der Waals surface area contributed by atoms with Crippen molar-refractivity contribution in [1.82, 2.24) is 5.16 Å². The number of carboxylic acids is 1. The third kappa shape index (κ3) is 3.29. The smallest absolute Gasteiger partial charge is 0.328 e. The second kappa shape index (κ2) is 5.49. The molecule has 0 aliphatic rings. The summed E-state index contributed by atoms with van der Waals surface area (Å²) >= 11 is 1.22. The van der Waals surface area contributed by atoms with Crippen LogP contribution in [0.1, 0.15) is 20.9 Å². The van der Waals surface area contributed by atoms with Gasteiger partial charge < -0.3 is 9.63 Å². The highest BCUT2D eigenvalue weighted by atomic mass is 32.1. The highest BCUT2D eigenvalue weighted by Crippen LogP contribution is 2.20. The van der Waals surface area contributed by atoms with Crippen LogP contribution >= 0.6 is 11.3 Å². The summed E-state index contributed by atoms with van der Waals surface area (Å²) in [6.07, 6.45) is 2.36. The van der Waals surface area contributed by atoms with E-state index in [4.69, 9.17) is 9.63 Å². The second-order valence-electron chi connectivity index (χ2n) is 3.66. The number of aryl methyl sites for hydroxylation is 1. The highest BCUT2D eigenvalue weighted by molar-refractivity contribution is 7.12. The highest BCUT2D eigenvalue weighted by Gasteiger charge is 2.13. The molecule has 2 aromatic rings. The van der Waals surface area contributed by atoms with Gasteiger partial charge in [-0.2, -0.15) is 0 Å². The van der Waals surface area contributed by atoms with Gasteiger partial charge in [0.25, 0.3) is 5.91 Å². The molecule has 0 fully saturated rings. The Morgan fingerprint density at radius 1 is 1.53 bits per heavy atom. The van der Waals surface area contributed by atoms with Gasteiger partial charge in [0.2, 0.25) is 5.88 Å². The van der Waals surface area contributed by atoms with Crippen molar-refractivity contribution in [3.8, 4) is 0 Å². The summed E-state index contributed by atoms with van der Waals surface area (Å²) in [7, 11) is 0. The van der Waals surface area contributed by atoms with E-state index in [2.05, 4.69) is 10.5 Å². The van der Waals surface area contributed by atoms with Crippen molar-refractivity contribution in [2.75, 3.05) is 5.32 Å². The summed E-state index contributed by atoms with van der Waals surface area (Å²) in [5.41, 5.74) is 1.20. The molecule has 2 aromatic heterocycles. The van der Waals surface area contributed by atoms with E-state index in [9.17, 15) is 9.59 Å². The Hall–Kier alpha value is -2.41. The Bertz CT molecular complexity index is 642. The Morgan fingerprint density at radius 2 is 2.32 bits per heavy atom. The molecule has 0 aliphatic carbocycles. The van der Waals surface area contributed by atoms with Crippen molar-refractivity contribution in [3.63, 3.8) is 0 Å². The molecule has 0 atom stereocenters. The Morgan fingerprint density at radius 3 is 2.95 bits per heavy atom. The van der Waals surface area contributed by atoms with E-state index in [0.717, 1.165) is 6.08 Å². The number of amides is 1. The fraction of sp³-hybridized carbons (Fsp3) is 0.0833. The fourth-order valence-electron chi connectivity index (χ4n) is 1.39. The maximum Gasteiger partial charge on any atom is 0.328 e. The van der Waals surface area contributed by atoms with Gasteiger partial charge in [0.05, 0.1) is 10.6 Å². The van der Waals surface area contributed by atoms with Crippen LogP contribution in [0.2, 0.25) is 0 Å². The zero-order valence-corrected chi connectivity index (χ0v) is 10.7. The van der Waals surface area contributed by atoms with Gasteiger partial charge in [-0.15, -0.1) is 11.3 Å². The van der Waals surface area contributed by atoms with E-state index in [-0.39, 0.29) is 11.8 Å². The van der Waals surface area contributed by atoms with Gasteiger partial charge in [-0.25, -0.2) is 4.79 Å². The number of carboxylic acid groups (broad SMARTS) is 1. The lowest BCUT2D eigenvalue weighted by atomic mass is 10.2. The van der Waals surface area contributed by atoms with Crippen molar-refractivity contribution in [3.05, 3.63) is 39.7 Å². The zero-order valence-electron chi connectivity index (χ0n) is 9.91. The number of hydrogen-bond donors (Lipinski definition) is 2. The van der Waals surface area contributed by atoms with Crippen LogP contribution in [0.25, 0.3) is 6.08 Å². The molecule has 98 valence electrons. The topological polar surface area (TPSA) is 92.4 Å². The van der Waals surface area contributed by atoms with E-state index in [1.54, 1.807) is 24.4 Å². The molecule has 0 aliphatic heterocycles. The van der Waals surface area contributed by atoms with Gasteiger partial charge >= 0.3 is 5.97 Å². The molecule has 0 aromatic carbocycles. The summed E-state index contributed by atoms with van der Waals surface area (Å²) in [4.78, 5) is 22.9. The molecular formula is C12H10N2O4S. The summed E-state index contributed by atoms with van der Waals surface area (Å²) in [6, 6.07) is 3.27. The lowest BCUT2D eigenvalue weighted by Gasteiger charge is -1.99. The number of nitrogens with one attached hydrogen (secondary N) is 1. The van der Waals surface area contributed by atoms with Crippen molar-refractivity contribution in [1.29, 1.82) is 0 Å². The molecule has 2 rings (SSSR count). The molecule has 0 unspecified atom stereocenters. The molecular weight excluding hydrogens is 268 g/mol. The number of carbonyl (C=O) groups excluding carboxylic acids is 1. The Kier molecular flexibility index (Phi) is 3.76. The molecule has 19 heavy (non-hydrogen) atoms. The quantitative estimate of drug-likeness (QED) is 0.838. The van der Waals surface area contributed by atoms with Gasteiger partial charge in [-0.3, -0.25) is 10.1 Å². The molecule has 2 N–H and O–H groups in total. The third-order valence-electron chi connectivity index (χ3n) is 2.17. The molecule has 6 nitrogen and oxygen atoms in total. The first-order valence-corrected chi connectivity index (χ1v) is 6.17. The number of rotatable bonds is 4. The minimum atomic E-state index is -1.07. The minimum absolute atomic E-state index is 0.254. The molecule has 0 spiro atoms. The van der Waals surface area contributed by atoms with Gasteiger partial charge in [0.1, 0.15) is 0 Å². The summed E-state index contributed by atoms with van der Waals surface area (Å²) in [6.45, 7) is 1.74. The monoisotopic (exact) mass is 278 g/mol. The van der Waals surface area contributed by atoms with E-state index >= 15 is 0 Å². The maximum absolute atomic E-state index is 12.0. The molecule has 2 heterocycles. The van der Waals surface area contributed by atoms with Crippen molar-refractivity contribution >= 4 is 35.2 Å². The molecule has 0 saturated carbocycles. The second-order valence-corrected chi connectivity index (χ2v) is 4.58. The molecule has 1 amide bonds. The van der Waals surface area contributed by atoms with Gasteiger partial charge in [0, 0.05) is 12.1 Å². The van der Waals surface area contributed by atoms with E-state index in [1.165, 1.54) is 17.4 Å². The fourth-order valence-corrected chi connectivity index (χ4v) is 2.17. The SMILES string of the molecule is Cc1cc(NC(=O)c2sccc2C=CC(=O)O)on1. The zero-order chi connectivity index (χ0) is 13.8. The number of hydrogen-bond acceptors (Lipinski definition) is 5. The van der Waals surface area contributed by atoms with E-state index in [0.29, 0.717) is 16.1 Å². The normalized spacial score (nSPS) is 10.8. The summed E-state index contributed by atoms with van der Waals surface area (Å²) in [5, 5.41) is 16.5. The van der Waals surface area contributed by atoms with Gasteiger partial charge in [0.15, 0.2) is 0 Å². The first-order chi connectivity index (χ1) is 9.06. The van der Waals surface area contributed by atoms with Crippen molar-refractivity contribution in [2.24, 2.45) is 0 Å². The Balaban J connectivity index is 2.15. The molecule has 0 bridgehead atoms. The molecule has 0 radical (unpaired) electrons. The summed E-state index contributed by atoms with van der Waals surface area (Å²) < 4.78 is 4.88. The van der Waals surface area contributed by atoms with Crippen LogP contribution < -0.4 is 5.32 Å². The number of anilines is 1.